The molecule has 1 aromatic carbocycles. The number of aldehydes is 1. The largest absolute Gasteiger partial charge is 0.385 e. The van der Waals surface area contributed by atoms with Crippen LogP contribution in [0, 0.1) is 0 Å². The van der Waals surface area contributed by atoms with Gasteiger partial charge >= 0.3 is 6.03 Å². The van der Waals surface area contributed by atoms with Crippen molar-refractivity contribution in [3.63, 3.8) is 0 Å². The van der Waals surface area contributed by atoms with Crippen LogP contribution in [0.1, 0.15) is 40.5 Å². The Balaban J connectivity index is 0. The monoisotopic (exact) mass is 570 g/mol. The van der Waals surface area contributed by atoms with Gasteiger partial charge in [0.15, 0.2) is 0 Å². The van der Waals surface area contributed by atoms with Gasteiger partial charge < -0.3 is 29.8 Å². The lowest BCUT2D eigenvalue weighted by Gasteiger charge is -2.23. The van der Waals surface area contributed by atoms with Gasteiger partial charge in [0.2, 0.25) is 0 Å². The van der Waals surface area contributed by atoms with Crippen LogP contribution >= 0.6 is 11.6 Å². The molecule has 1 aliphatic rings. The van der Waals surface area contributed by atoms with E-state index in [-0.39, 0.29) is 24.6 Å². The fourth-order valence-electron chi connectivity index (χ4n) is 3.08. The Labute approximate surface area is 239 Å². The molecule has 2 amide bonds. The fourth-order valence-corrected chi connectivity index (χ4v) is 3.20. The van der Waals surface area contributed by atoms with Crippen molar-refractivity contribution in [2.75, 3.05) is 59.9 Å². The molecule has 0 radical (unpaired) electrons. The number of amides is 2. The van der Waals surface area contributed by atoms with Crippen LogP contribution in [0.5, 0.6) is 0 Å². The van der Waals surface area contributed by atoms with Crippen LogP contribution in [0.3, 0.4) is 0 Å². The van der Waals surface area contributed by atoms with E-state index in [1.54, 1.807) is 56.8 Å². The van der Waals surface area contributed by atoms with Gasteiger partial charge in [-0.2, -0.15) is 0 Å². The second-order valence-electron chi connectivity index (χ2n) is 8.09. The quantitative estimate of drug-likeness (QED) is 0.149. The molecule has 39 heavy (non-hydrogen) atoms. The topological polar surface area (TPSA) is 83.1 Å². The summed E-state index contributed by atoms with van der Waals surface area (Å²) in [6.07, 6.45) is 9.12. The number of ether oxygens (including phenoxy) is 2. The molecule has 1 atom stereocenters. The predicted molar refractivity (Wildman–Crippen MR) is 161 cm³/mol. The van der Waals surface area contributed by atoms with Crippen molar-refractivity contribution in [1.82, 2.24) is 15.1 Å². The highest BCUT2D eigenvalue weighted by Gasteiger charge is 2.17. The molecule has 1 unspecified atom stereocenters. The van der Waals surface area contributed by atoms with Crippen LogP contribution < -0.4 is 10.6 Å². The number of rotatable bonds is 10. The number of allylic oxidation sites excluding steroid dienone is 3. The smallest absolute Gasteiger partial charge is 0.321 e. The standard InChI is InChI=1S/C13H21FN2O2.C11H13ClN2O.C3H8O.C2H6/c1-11(14)10-12(13(18-4)16(2)3)6-5-7-15-8-9-17;12-9-3-5-10(6-4-9)13-11(15)14-7-1-2-8-14;1-3-4-2;1-2/h5-7,9-10,13,15H,8H2,1-4H3;3-6H,1-2,7-8H2,(H,13,15);3H2,1-2H3;1-2H3/b7-5+,11-10+,12-6+;;;. The van der Waals surface area contributed by atoms with Crippen molar-refractivity contribution in [3.8, 4) is 0 Å². The fraction of sp³-hybridized carbons (Fsp3) is 0.517. The summed E-state index contributed by atoms with van der Waals surface area (Å²) in [6.45, 7) is 10.1. The van der Waals surface area contributed by atoms with Gasteiger partial charge in [0.1, 0.15) is 12.5 Å². The van der Waals surface area contributed by atoms with E-state index in [0.29, 0.717) is 10.6 Å². The van der Waals surface area contributed by atoms with Crippen molar-refractivity contribution in [1.29, 1.82) is 0 Å². The zero-order valence-corrected chi connectivity index (χ0v) is 25.6. The van der Waals surface area contributed by atoms with Crippen molar-refractivity contribution >= 4 is 29.6 Å². The maximum atomic E-state index is 13.0. The van der Waals surface area contributed by atoms with Crippen LogP contribution in [0.15, 0.2) is 60.1 Å². The van der Waals surface area contributed by atoms with Gasteiger partial charge in [-0.3, -0.25) is 4.90 Å². The molecule has 222 valence electrons. The summed E-state index contributed by atoms with van der Waals surface area (Å²) >= 11 is 5.75. The van der Waals surface area contributed by atoms with Gasteiger partial charge in [-0.25, -0.2) is 9.18 Å². The van der Waals surface area contributed by atoms with Crippen LogP contribution in [-0.2, 0) is 14.3 Å². The molecule has 0 saturated carbocycles. The first-order valence-corrected chi connectivity index (χ1v) is 13.4. The normalized spacial score (nSPS) is 13.9. The van der Waals surface area contributed by atoms with E-state index in [1.165, 1.54) is 13.0 Å². The number of nitrogens with zero attached hydrogens (tertiary/aromatic N) is 2. The first kappa shape index (κ1) is 38.4. The number of hydrogen-bond donors (Lipinski definition) is 2. The third kappa shape index (κ3) is 19.9. The minimum absolute atomic E-state index is 0.0187. The lowest BCUT2D eigenvalue weighted by atomic mass is 10.1. The summed E-state index contributed by atoms with van der Waals surface area (Å²) in [5.41, 5.74) is 1.47. The Kier molecular flexibility index (Phi) is 25.2. The van der Waals surface area contributed by atoms with Crippen LogP contribution in [0.25, 0.3) is 0 Å². The molecule has 1 heterocycles. The molecule has 8 nitrogen and oxygen atoms in total. The summed E-state index contributed by atoms with van der Waals surface area (Å²) in [6, 6.07) is 7.12. The number of hydrogen-bond acceptors (Lipinski definition) is 6. The zero-order valence-electron chi connectivity index (χ0n) is 24.8. The van der Waals surface area contributed by atoms with Crippen molar-refractivity contribution < 1.29 is 23.5 Å². The third-order valence-corrected chi connectivity index (χ3v) is 5.08. The summed E-state index contributed by atoms with van der Waals surface area (Å²) in [5, 5.41) is 6.28. The first-order chi connectivity index (χ1) is 18.7. The highest BCUT2D eigenvalue weighted by molar-refractivity contribution is 6.30. The highest BCUT2D eigenvalue weighted by Crippen LogP contribution is 2.16. The van der Waals surface area contributed by atoms with Crippen LogP contribution in [0.4, 0.5) is 14.9 Å². The van der Waals surface area contributed by atoms with E-state index >= 15 is 0 Å². The summed E-state index contributed by atoms with van der Waals surface area (Å²) in [7, 11) is 6.93. The summed E-state index contributed by atoms with van der Waals surface area (Å²) < 4.78 is 22.8. The Hall–Kier alpha value is -2.72. The van der Waals surface area contributed by atoms with E-state index in [9.17, 15) is 14.0 Å². The third-order valence-electron chi connectivity index (χ3n) is 4.82. The first-order valence-electron chi connectivity index (χ1n) is 13.1. The van der Waals surface area contributed by atoms with Crippen LogP contribution in [-0.4, -0.2) is 82.9 Å². The number of methoxy groups -OCH3 is 2. The van der Waals surface area contributed by atoms with E-state index in [4.69, 9.17) is 16.3 Å². The van der Waals surface area contributed by atoms with Crippen molar-refractivity contribution in [3.05, 3.63) is 65.1 Å². The predicted octanol–water partition coefficient (Wildman–Crippen LogP) is 6.27. The molecule has 1 saturated heterocycles. The number of carbonyl (C=O) groups is 2. The molecule has 10 heteroatoms. The molecule has 1 fully saturated rings. The number of nitrogens with one attached hydrogen (secondary N) is 2. The van der Waals surface area contributed by atoms with E-state index in [1.807, 2.05) is 44.7 Å². The molecule has 2 N–H and O–H groups in total. The Morgan fingerprint density at radius 2 is 1.74 bits per heavy atom. The molecule has 0 spiro atoms. The summed E-state index contributed by atoms with van der Waals surface area (Å²) in [5.74, 6) is -0.292. The van der Waals surface area contributed by atoms with E-state index in [0.717, 1.165) is 44.5 Å². The van der Waals surface area contributed by atoms with Gasteiger partial charge in [0.05, 0.1) is 12.4 Å². The zero-order chi connectivity index (χ0) is 30.1. The van der Waals surface area contributed by atoms with Gasteiger partial charge in [0, 0.05) is 44.6 Å². The van der Waals surface area contributed by atoms with Gasteiger partial charge in [0.25, 0.3) is 0 Å². The van der Waals surface area contributed by atoms with Crippen LogP contribution in [0.2, 0.25) is 5.02 Å². The van der Waals surface area contributed by atoms with E-state index < -0.39 is 0 Å². The average molecular weight is 571 g/mol. The molecule has 0 aliphatic carbocycles. The number of halogens is 2. The maximum Gasteiger partial charge on any atom is 0.321 e. The second kappa shape index (κ2) is 25.6. The number of urea groups is 1. The molecule has 0 bridgehead atoms. The van der Waals surface area contributed by atoms with Crippen molar-refractivity contribution in [2.24, 2.45) is 0 Å². The molecule has 1 aromatic rings. The lowest BCUT2D eigenvalue weighted by molar-refractivity contribution is -0.107. The number of benzene rings is 1. The molecular weight excluding hydrogens is 523 g/mol. The minimum Gasteiger partial charge on any atom is -0.385 e. The maximum absolute atomic E-state index is 13.0. The molecule has 0 aromatic heterocycles. The van der Waals surface area contributed by atoms with Gasteiger partial charge in [-0.15, -0.1) is 0 Å². The minimum atomic E-state index is -0.327. The Morgan fingerprint density at radius 1 is 1.18 bits per heavy atom. The average Bonchev–Trinajstić information content (AvgIpc) is 3.47. The lowest BCUT2D eigenvalue weighted by Crippen LogP contribution is -2.32. The molecule has 2 rings (SSSR count). The Bertz CT molecular complexity index is 849. The van der Waals surface area contributed by atoms with Gasteiger partial charge in [-0.05, 0) is 89.0 Å². The number of carbonyl (C=O) groups excluding carboxylic acids is 2. The molecule has 1 aliphatic heterocycles. The second-order valence-corrected chi connectivity index (χ2v) is 8.53. The highest BCUT2D eigenvalue weighted by atomic mass is 35.5. The van der Waals surface area contributed by atoms with E-state index in [2.05, 4.69) is 15.4 Å². The SMILES string of the molecule is CC.CCOC.COC(C(/C=C(\C)F)=C/C=C/NCC=O)N(C)C.O=C(Nc1ccc(Cl)cc1)N1CCCC1. The number of likely N-dealkylation sites (tertiary alicyclic amines) is 1. The molecular formula is C29H48ClFN4O4. The van der Waals surface area contributed by atoms with Crippen molar-refractivity contribution in [2.45, 2.75) is 46.8 Å². The number of anilines is 1. The summed E-state index contributed by atoms with van der Waals surface area (Å²) in [4.78, 5) is 25.4. The Morgan fingerprint density at radius 3 is 2.18 bits per heavy atom. The van der Waals surface area contributed by atoms with Gasteiger partial charge in [-0.1, -0.05) is 31.5 Å². The number of likely N-dealkylation sites (N-methyl/N-ethyl adjacent to an activating group) is 1.